The summed E-state index contributed by atoms with van der Waals surface area (Å²) >= 11 is 0. The zero-order chi connectivity index (χ0) is 8.55. The van der Waals surface area contributed by atoms with Crippen molar-refractivity contribution in [2.24, 2.45) is 0 Å². The number of phenolic OH excluding ortho intramolecular Hbond substituents is 1. The molecule has 3 radical (unpaired) electrons. The van der Waals surface area contributed by atoms with Crippen molar-refractivity contribution in [2.45, 2.75) is 6.92 Å². The number of benzene rings is 1. The molecule has 15 heavy (non-hydrogen) atoms. The van der Waals surface area contributed by atoms with Crippen LogP contribution in [0.15, 0.2) is 30.5 Å². The topological polar surface area (TPSA) is 96.1 Å². The maximum absolute atomic E-state index is 9.49. The molecule has 0 spiro atoms. The fourth-order valence-electron chi connectivity index (χ4n) is 1.32. The van der Waals surface area contributed by atoms with E-state index >= 15 is 0 Å². The summed E-state index contributed by atoms with van der Waals surface area (Å²) < 4.78 is 0. The first-order valence-corrected chi connectivity index (χ1v) is 3.82. The zero-order valence-corrected chi connectivity index (χ0v) is 11.7. The molecule has 0 fully saturated rings. The fraction of sp³-hybridized carbons (Fsp3) is 0.100. The maximum Gasteiger partial charge on any atom is 0.142 e. The molecule has 81 valence electrons. The summed E-state index contributed by atoms with van der Waals surface area (Å²) in [6, 6.07) is 7.52. The number of hydrogen-bond acceptors (Lipinski definition) is 2. The van der Waals surface area contributed by atoms with E-state index in [4.69, 9.17) is 0 Å². The molecular weight excluding hydrogens is 391 g/mol. The number of rotatable bonds is 0. The maximum atomic E-state index is 9.49. The van der Waals surface area contributed by atoms with Gasteiger partial charge >= 0.3 is 0 Å². The Balaban J connectivity index is 0. The summed E-state index contributed by atoms with van der Waals surface area (Å²) in [5, 5.41) is 10.5. The number of nitrogens with zero attached hydrogens (tertiary/aromatic N) is 1. The Morgan fingerprint density at radius 1 is 1.20 bits per heavy atom. The zero-order valence-electron chi connectivity index (χ0n) is 8.23. The molecule has 5 N–H and O–H groups in total. The van der Waals surface area contributed by atoms with E-state index in [1.165, 1.54) is 0 Å². The van der Waals surface area contributed by atoms with Gasteiger partial charge in [-0.05, 0) is 30.7 Å². The number of aromatic hydroxyl groups is 1. The third kappa shape index (κ3) is 3.38. The van der Waals surface area contributed by atoms with Crippen LogP contribution in [0, 0.1) is 6.92 Å². The third-order valence-corrected chi connectivity index (χ3v) is 1.83. The Morgan fingerprint density at radius 2 is 1.87 bits per heavy atom. The Labute approximate surface area is 107 Å². The number of aryl methyl sites for hydroxylation is 1. The number of aromatic nitrogens is 1. The minimum atomic E-state index is 0. The molecule has 1 aromatic carbocycles. The van der Waals surface area contributed by atoms with Crippen LogP contribution in [0.2, 0.25) is 0 Å². The summed E-state index contributed by atoms with van der Waals surface area (Å²) in [6.45, 7) is 1.95. The van der Waals surface area contributed by atoms with E-state index in [9.17, 15) is 5.11 Å². The fourth-order valence-corrected chi connectivity index (χ4v) is 1.32. The van der Waals surface area contributed by atoms with Crippen molar-refractivity contribution in [3.05, 3.63) is 36.0 Å². The van der Waals surface area contributed by atoms with E-state index in [-0.39, 0.29) is 42.9 Å². The molecule has 0 atom stereocenters. The summed E-state index contributed by atoms with van der Waals surface area (Å²) in [5.41, 5.74) is 1.72. The van der Waals surface area contributed by atoms with E-state index in [0.29, 0.717) is 5.52 Å². The molecule has 0 saturated carbocycles. The van der Waals surface area contributed by atoms with Gasteiger partial charge in [0.1, 0.15) is 11.3 Å². The standard InChI is InChI=1S/C10H9NO.Bi.2H2O/c1-7-5-8-3-2-4-11-10(8)9(12)6-7;;;/h2-6,12H,1H3;;2*1H2. The number of hydrogen-bond donors (Lipinski definition) is 1. The van der Waals surface area contributed by atoms with Gasteiger partial charge in [-0.3, -0.25) is 4.98 Å². The molecule has 0 bridgehead atoms. The smallest absolute Gasteiger partial charge is 0.142 e. The molecule has 0 saturated heterocycles. The van der Waals surface area contributed by atoms with Crippen LogP contribution < -0.4 is 0 Å². The second-order valence-corrected chi connectivity index (χ2v) is 2.86. The third-order valence-electron chi connectivity index (χ3n) is 1.83. The second kappa shape index (κ2) is 6.67. The summed E-state index contributed by atoms with van der Waals surface area (Å²) in [5.74, 6) is 0.255. The van der Waals surface area contributed by atoms with Crippen LogP contribution in [0.1, 0.15) is 5.56 Å². The van der Waals surface area contributed by atoms with Gasteiger partial charge in [-0.25, -0.2) is 0 Å². The van der Waals surface area contributed by atoms with Gasteiger partial charge < -0.3 is 16.1 Å². The molecule has 1 aromatic heterocycles. The van der Waals surface area contributed by atoms with Crippen molar-refractivity contribution >= 4 is 37.1 Å². The number of fused-ring (bicyclic) bond motifs is 1. The Kier molecular flexibility index (Phi) is 7.40. The van der Waals surface area contributed by atoms with Gasteiger partial charge in [0.05, 0.1) is 0 Å². The monoisotopic (exact) mass is 404 g/mol. The van der Waals surface area contributed by atoms with Gasteiger partial charge in [0.15, 0.2) is 0 Å². The predicted octanol–water partition coefficient (Wildman–Crippen LogP) is 0.219. The molecule has 5 heteroatoms. The van der Waals surface area contributed by atoms with Gasteiger partial charge in [0.25, 0.3) is 0 Å². The van der Waals surface area contributed by atoms with Crippen LogP contribution in [-0.2, 0) is 0 Å². The molecule has 1 heterocycles. The van der Waals surface area contributed by atoms with Crippen LogP contribution in [0.5, 0.6) is 5.75 Å². The van der Waals surface area contributed by atoms with Crippen molar-refractivity contribution in [2.75, 3.05) is 0 Å². The first-order chi connectivity index (χ1) is 5.77. The molecule has 0 aliphatic carbocycles. The second-order valence-electron chi connectivity index (χ2n) is 2.86. The van der Waals surface area contributed by atoms with Gasteiger partial charge in [-0.2, -0.15) is 0 Å². The quantitative estimate of drug-likeness (QED) is 0.636. The first kappa shape index (κ1) is 16.7. The average Bonchev–Trinajstić information content (AvgIpc) is 2.04. The first-order valence-electron chi connectivity index (χ1n) is 3.82. The Hall–Kier alpha value is -0.767. The summed E-state index contributed by atoms with van der Waals surface area (Å²) in [6.07, 6.45) is 1.68. The van der Waals surface area contributed by atoms with Crippen molar-refractivity contribution in [1.82, 2.24) is 4.98 Å². The number of phenols is 1. The summed E-state index contributed by atoms with van der Waals surface area (Å²) in [7, 11) is 0. The molecule has 4 nitrogen and oxygen atoms in total. The molecular formula is C10H13BiNO3. The van der Waals surface area contributed by atoms with E-state index in [2.05, 4.69) is 4.98 Å². The van der Waals surface area contributed by atoms with Crippen LogP contribution in [0.25, 0.3) is 10.9 Å². The molecule has 2 rings (SSSR count). The molecule has 0 amide bonds. The van der Waals surface area contributed by atoms with Crippen molar-refractivity contribution in [1.29, 1.82) is 0 Å². The minimum absolute atomic E-state index is 0. The Morgan fingerprint density at radius 3 is 2.53 bits per heavy atom. The average molecular weight is 404 g/mol. The summed E-state index contributed by atoms with van der Waals surface area (Å²) in [4.78, 5) is 4.07. The van der Waals surface area contributed by atoms with E-state index in [0.717, 1.165) is 10.9 Å². The predicted molar refractivity (Wildman–Crippen MR) is 61.1 cm³/mol. The molecule has 0 aliphatic heterocycles. The molecule has 0 unspecified atom stereocenters. The van der Waals surface area contributed by atoms with E-state index < -0.39 is 0 Å². The van der Waals surface area contributed by atoms with Crippen LogP contribution in [-0.4, -0.2) is 47.2 Å². The van der Waals surface area contributed by atoms with E-state index in [1.807, 2.05) is 25.1 Å². The SMILES string of the molecule is Cc1cc(O)c2ncccc2c1.O.O.[Bi]. The molecule has 0 aliphatic rings. The number of pyridine rings is 1. The van der Waals surface area contributed by atoms with Crippen molar-refractivity contribution in [3.63, 3.8) is 0 Å². The largest absolute Gasteiger partial charge is 0.506 e. The van der Waals surface area contributed by atoms with Crippen LogP contribution in [0.3, 0.4) is 0 Å². The minimum Gasteiger partial charge on any atom is -0.506 e. The van der Waals surface area contributed by atoms with Gasteiger partial charge in [-0.1, -0.05) is 6.07 Å². The van der Waals surface area contributed by atoms with Gasteiger partial charge in [0.2, 0.25) is 0 Å². The van der Waals surface area contributed by atoms with E-state index in [1.54, 1.807) is 12.3 Å². The van der Waals surface area contributed by atoms with Crippen LogP contribution >= 0.6 is 0 Å². The normalized spacial score (nSPS) is 8.33. The van der Waals surface area contributed by atoms with Crippen molar-refractivity contribution in [3.8, 4) is 5.75 Å². The van der Waals surface area contributed by atoms with Crippen molar-refractivity contribution < 1.29 is 16.1 Å². The molecule has 2 aromatic rings. The Bertz CT molecular complexity index is 434. The van der Waals surface area contributed by atoms with Crippen LogP contribution in [0.4, 0.5) is 0 Å². The van der Waals surface area contributed by atoms with Gasteiger partial charge in [-0.15, -0.1) is 0 Å². The van der Waals surface area contributed by atoms with Gasteiger partial charge in [0, 0.05) is 37.8 Å².